The van der Waals surface area contributed by atoms with E-state index in [-0.39, 0.29) is 17.2 Å². The summed E-state index contributed by atoms with van der Waals surface area (Å²) >= 11 is 1.22. The molecule has 0 unspecified atom stereocenters. The number of amides is 2. The fourth-order valence-corrected chi connectivity index (χ4v) is 3.78. The Hall–Kier alpha value is -2.25. The number of anilines is 1. The van der Waals surface area contributed by atoms with E-state index in [1.807, 2.05) is 24.3 Å². The molecule has 0 saturated carbocycles. The lowest BCUT2D eigenvalue weighted by atomic mass is 9.87. The molecule has 27 heavy (non-hydrogen) atoms. The molecule has 3 rings (SSSR count). The van der Waals surface area contributed by atoms with Crippen molar-refractivity contribution in [3.05, 3.63) is 46.0 Å². The second kappa shape index (κ2) is 7.78. The number of ether oxygens (including phenoxy) is 1. The van der Waals surface area contributed by atoms with Crippen molar-refractivity contribution in [2.75, 3.05) is 31.6 Å². The molecule has 1 aliphatic heterocycles. The molecule has 144 valence electrons. The summed E-state index contributed by atoms with van der Waals surface area (Å²) in [5.41, 5.74) is 2.41. The van der Waals surface area contributed by atoms with E-state index in [1.54, 1.807) is 11.8 Å². The monoisotopic (exact) mass is 387 g/mol. The van der Waals surface area contributed by atoms with E-state index < -0.39 is 0 Å². The normalized spacial score (nSPS) is 14.9. The third kappa shape index (κ3) is 4.54. The van der Waals surface area contributed by atoms with Gasteiger partial charge in [0, 0.05) is 18.7 Å². The van der Waals surface area contributed by atoms with E-state index in [2.05, 4.69) is 31.1 Å². The van der Waals surface area contributed by atoms with Crippen LogP contribution in [0.15, 0.2) is 24.3 Å². The van der Waals surface area contributed by atoms with Crippen molar-refractivity contribution < 1.29 is 14.3 Å². The van der Waals surface area contributed by atoms with Gasteiger partial charge >= 0.3 is 0 Å². The van der Waals surface area contributed by atoms with Gasteiger partial charge in [-0.25, -0.2) is 4.98 Å². The van der Waals surface area contributed by atoms with Crippen molar-refractivity contribution in [1.82, 2.24) is 9.88 Å². The Kier molecular flexibility index (Phi) is 5.62. The molecule has 6 nitrogen and oxygen atoms in total. The molecule has 1 aliphatic rings. The maximum Gasteiger partial charge on any atom is 0.266 e. The second-order valence-electron chi connectivity index (χ2n) is 7.62. The first-order valence-corrected chi connectivity index (χ1v) is 9.83. The van der Waals surface area contributed by atoms with E-state index in [1.165, 1.54) is 16.9 Å². The van der Waals surface area contributed by atoms with Gasteiger partial charge in [-0.2, -0.15) is 0 Å². The van der Waals surface area contributed by atoms with Crippen molar-refractivity contribution in [2.45, 2.75) is 33.1 Å². The number of carbonyl (C=O) groups is 2. The van der Waals surface area contributed by atoms with Gasteiger partial charge in [0.1, 0.15) is 4.88 Å². The third-order valence-corrected chi connectivity index (χ3v) is 5.58. The summed E-state index contributed by atoms with van der Waals surface area (Å²) in [5.74, 6) is -0.280. The van der Waals surface area contributed by atoms with Crippen molar-refractivity contribution in [3.8, 4) is 0 Å². The maximum absolute atomic E-state index is 12.6. The number of nitrogens with one attached hydrogen (secondary N) is 1. The van der Waals surface area contributed by atoms with Crippen LogP contribution in [0.25, 0.3) is 0 Å². The van der Waals surface area contributed by atoms with Gasteiger partial charge < -0.3 is 9.64 Å². The standard InChI is InChI=1S/C20H25N3O3S/c1-13-16(18(25)23-9-11-26-12-10-23)27-19(21-13)22-17(24)14-5-7-15(8-6-14)20(2,3)4/h5-8H,9-12H2,1-4H3,(H,21,22,24). The van der Waals surface area contributed by atoms with Gasteiger partial charge in [-0.1, -0.05) is 44.2 Å². The minimum atomic E-state index is -0.227. The van der Waals surface area contributed by atoms with Gasteiger partial charge in [-0.3, -0.25) is 14.9 Å². The molecular formula is C20H25N3O3S. The molecule has 1 aromatic carbocycles. The lowest BCUT2D eigenvalue weighted by molar-refractivity contribution is 0.0305. The molecule has 2 aromatic rings. The van der Waals surface area contributed by atoms with Gasteiger partial charge in [0.05, 0.1) is 18.9 Å². The summed E-state index contributed by atoms with van der Waals surface area (Å²) in [6, 6.07) is 7.57. The summed E-state index contributed by atoms with van der Waals surface area (Å²) in [6.45, 7) is 10.5. The fourth-order valence-electron chi connectivity index (χ4n) is 2.85. The number of hydrogen-bond acceptors (Lipinski definition) is 5. The van der Waals surface area contributed by atoms with E-state index in [4.69, 9.17) is 4.74 Å². The number of hydrogen-bond donors (Lipinski definition) is 1. The first kappa shape index (κ1) is 19.5. The largest absolute Gasteiger partial charge is 0.378 e. The number of aryl methyl sites for hydroxylation is 1. The summed E-state index contributed by atoms with van der Waals surface area (Å²) in [4.78, 5) is 31.8. The highest BCUT2D eigenvalue weighted by molar-refractivity contribution is 7.17. The molecule has 0 aliphatic carbocycles. The highest BCUT2D eigenvalue weighted by atomic mass is 32.1. The van der Waals surface area contributed by atoms with Crippen LogP contribution in [-0.4, -0.2) is 48.0 Å². The summed E-state index contributed by atoms with van der Waals surface area (Å²) in [7, 11) is 0. The minimum Gasteiger partial charge on any atom is -0.378 e. The summed E-state index contributed by atoms with van der Waals surface area (Å²) in [5, 5.41) is 3.25. The van der Waals surface area contributed by atoms with Crippen molar-refractivity contribution in [2.24, 2.45) is 0 Å². The van der Waals surface area contributed by atoms with E-state index in [0.717, 1.165) is 0 Å². The van der Waals surface area contributed by atoms with Crippen LogP contribution >= 0.6 is 11.3 Å². The molecular weight excluding hydrogens is 362 g/mol. The van der Waals surface area contributed by atoms with Crippen LogP contribution in [0.5, 0.6) is 0 Å². The zero-order valence-corrected chi connectivity index (χ0v) is 17.0. The Labute approximate surface area is 163 Å². The van der Waals surface area contributed by atoms with Gasteiger partial charge in [-0.05, 0) is 30.0 Å². The lowest BCUT2D eigenvalue weighted by Gasteiger charge is -2.26. The Balaban J connectivity index is 1.70. The van der Waals surface area contributed by atoms with Gasteiger partial charge in [0.15, 0.2) is 5.13 Å². The van der Waals surface area contributed by atoms with Crippen LogP contribution in [0.3, 0.4) is 0 Å². The molecule has 1 aromatic heterocycles. The molecule has 0 bridgehead atoms. The number of aromatic nitrogens is 1. The summed E-state index contributed by atoms with van der Waals surface area (Å²) < 4.78 is 5.29. The molecule has 1 N–H and O–H groups in total. The maximum atomic E-state index is 12.6. The Morgan fingerprint density at radius 2 is 1.78 bits per heavy atom. The molecule has 0 spiro atoms. The smallest absolute Gasteiger partial charge is 0.266 e. The molecule has 2 heterocycles. The molecule has 7 heteroatoms. The Morgan fingerprint density at radius 1 is 1.15 bits per heavy atom. The van der Waals surface area contributed by atoms with Crippen LogP contribution in [0.4, 0.5) is 5.13 Å². The van der Waals surface area contributed by atoms with Crippen molar-refractivity contribution in [1.29, 1.82) is 0 Å². The number of nitrogens with zero attached hydrogens (tertiary/aromatic N) is 2. The highest BCUT2D eigenvalue weighted by Gasteiger charge is 2.24. The second-order valence-corrected chi connectivity index (χ2v) is 8.62. The number of carbonyl (C=O) groups excluding carboxylic acids is 2. The number of morpholine rings is 1. The third-order valence-electron chi connectivity index (χ3n) is 4.52. The first-order valence-electron chi connectivity index (χ1n) is 9.02. The van der Waals surface area contributed by atoms with Gasteiger partial charge in [-0.15, -0.1) is 0 Å². The zero-order valence-electron chi connectivity index (χ0n) is 16.2. The van der Waals surface area contributed by atoms with Crippen molar-refractivity contribution >= 4 is 28.3 Å². The predicted molar refractivity (Wildman–Crippen MR) is 107 cm³/mol. The van der Waals surface area contributed by atoms with Gasteiger partial charge in [0.25, 0.3) is 11.8 Å². The van der Waals surface area contributed by atoms with Crippen molar-refractivity contribution in [3.63, 3.8) is 0 Å². The van der Waals surface area contributed by atoms with E-state index in [9.17, 15) is 9.59 Å². The first-order chi connectivity index (χ1) is 12.8. The van der Waals surface area contributed by atoms with Crippen LogP contribution in [-0.2, 0) is 10.2 Å². The quantitative estimate of drug-likeness (QED) is 0.875. The zero-order chi connectivity index (χ0) is 19.6. The van der Waals surface area contributed by atoms with E-state index in [0.29, 0.717) is 47.6 Å². The lowest BCUT2D eigenvalue weighted by Crippen LogP contribution is -2.40. The molecule has 2 amide bonds. The molecule has 1 saturated heterocycles. The fraction of sp³-hybridized carbons (Fsp3) is 0.450. The summed E-state index contributed by atoms with van der Waals surface area (Å²) in [6.07, 6.45) is 0. The number of benzene rings is 1. The molecule has 0 radical (unpaired) electrons. The average Bonchev–Trinajstić information content (AvgIpc) is 3.01. The minimum absolute atomic E-state index is 0.0379. The number of thiazole rings is 1. The molecule has 0 atom stereocenters. The molecule has 1 fully saturated rings. The van der Waals surface area contributed by atoms with Crippen LogP contribution in [0.2, 0.25) is 0 Å². The van der Waals surface area contributed by atoms with E-state index >= 15 is 0 Å². The Morgan fingerprint density at radius 3 is 2.37 bits per heavy atom. The van der Waals surface area contributed by atoms with Crippen LogP contribution in [0.1, 0.15) is 52.1 Å². The van der Waals surface area contributed by atoms with Crippen LogP contribution in [0, 0.1) is 6.92 Å². The van der Waals surface area contributed by atoms with Gasteiger partial charge in [0.2, 0.25) is 0 Å². The SMILES string of the molecule is Cc1nc(NC(=O)c2ccc(C(C)(C)C)cc2)sc1C(=O)N1CCOCC1. The topological polar surface area (TPSA) is 71.5 Å². The predicted octanol–water partition coefficient (Wildman–Crippen LogP) is 3.47. The number of rotatable bonds is 3. The highest BCUT2D eigenvalue weighted by Crippen LogP contribution is 2.26. The Bertz CT molecular complexity index is 831. The van der Waals surface area contributed by atoms with Crippen LogP contribution < -0.4 is 5.32 Å². The average molecular weight is 388 g/mol.